The zero-order valence-corrected chi connectivity index (χ0v) is 10.6. The first-order valence-electron chi connectivity index (χ1n) is 5.96. The second-order valence-corrected chi connectivity index (χ2v) is 4.18. The van der Waals surface area contributed by atoms with Crippen molar-refractivity contribution in [3.63, 3.8) is 0 Å². The van der Waals surface area contributed by atoms with Crippen molar-refractivity contribution < 1.29 is 19.4 Å². The number of ether oxygens (including phenoxy) is 1. The van der Waals surface area contributed by atoms with E-state index in [9.17, 15) is 14.7 Å². The Hall–Kier alpha value is -1.68. The Morgan fingerprint density at radius 1 is 1.11 bits per heavy atom. The van der Waals surface area contributed by atoms with Crippen LogP contribution in [0.15, 0.2) is 30.3 Å². The molecule has 0 spiro atoms. The van der Waals surface area contributed by atoms with Crippen LogP contribution in [0, 0.1) is 0 Å². The van der Waals surface area contributed by atoms with Crippen LogP contribution in [0.25, 0.3) is 0 Å². The first-order valence-corrected chi connectivity index (χ1v) is 5.96. The molecule has 0 radical (unpaired) electrons. The van der Waals surface area contributed by atoms with Gasteiger partial charge in [0, 0.05) is 0 Å². The molecule has 0 heterocycles. The van der Waals surface area contributed by atoms with Crippen molar-refractivity contribution in [3.8, 4) is 5.75 Å². The van der Waals surface area contributed by atoms with E-state index in [0.29, 0.717) is 18.3 Å². The molecule has 18 heavy (non-hydrogen) atoms. The number of benzene rings is 1. The second-order valence-electron chi connectivity index (χ2n) is 4.18. The Bertz CT molecular complexity index is 388. The van der Waals surface area contributed by atoms with Crippen LogP contribution in [0.5, 0.6) is 5.75 Å². The quantitative estimate of drug-likeness (QED) is 0.591. The third-order valence-electron chi connectivity index (χ3n) is 3.28. The van der Waals surface area contributed by atoms with Gasteiger partial charge in [0.2, 0.25) is 5.60 Å². The highest BCUT2D eigenvalue weighted by atomic mass is 16.5. The number of carbonyl (C=O) groups excluding carboxylic acids is 2. The fourth-order valence-corrected chi connectivity index (χ4v) is 1.88. The SMILES string of the molecule is CCC(O)(CC)C(C=O)(C=O)Oc1ccccc1. The average Bonchev–Trinajstić information content (AvgIpc) is 2.45. The van der Waals surface area contributed by atoms with E-state index >= 15 is 0 Å². The molecule has 98 valence electrons. The Morgan fingerprint density at radius 2 is 1.61 bits per heavy atom. The largest absolute Gasteiger partial charge is 0.469 e. The number of carbonyl (C=O) groups is 2. The third kappa shape index (κ3) is 2.43. The molecule has 1 rings (SSSR count). The molecular formula is C14H18O4. The highest BCUT2D eigenvalue weighted by molar-refractivity contribution is 5.90. The van der Waals surface area contributed by atoms with Crippen LogP contribution in [0.1, 0.15) is 26.7 Å². The molecule has 0 aliphatic heterocycles. The van der Waals surface area contributed by atoms with Gasteiger partial charge in [-0.1, -0.05) is 32.0 Å². The van der Waals surface area contributed by atoms with E-state index in [0.717, 1.165) is 0 Å². The van der Waals surface area contributed by atoms with E-state index in [1.807, 2.05) is 0 Å². The van der Waals surface area contributed by atoms with E-state index < -0.39 is 11.2 Å². The lowest BCUT2D eigenvalue weighted by atomic mass is 9.80. The zero-order chi connectivity index (χ0) is 13.6. The van der Waals surface area contributed by atoms with Crippen LogP contribution < -0.4 is 4.74 Å². The van der Waals surface area contributed by atoms with Crippen molar-refractivity contribution in [2.75, 3.05) is 0 Å². The molecule has 0 aliphatic carbocycles. The summed E-state index contributed by atoms with van der Waals surface area (Å²) in [6.45, 7) is 3.42. The van der Waals surface area contributed by atoms with Crippen molar-refractivity contribution >= 4 is 12.6 Å². The maximum absolute atomic E-state index is 11.3. The summed E-state index contributed by atoms with van der Waals surface area (Å²) in [6.07, 6.45) is 1.24. The van der Waals surface area contributed by atoms with Gasteiger partial charge in [-0.15, -0.1) is 0 Å². The topological polar surface area (TPSA) is 63.6 Å². The van der Waals surface area contributed by atoms with Crippen LogP contribution in [-0.4, -0.2) is 28.9 Å². The Kier molecular flexibility index (Phi) is 4.62. The smallest absolute Gasteiger partial charge is 0.246 e. The van der Waals surface area contributed by atoms with Gasteiger partial charge in [-0.2, -0.15) is 0 Å². The summed E-state index contributed by atoms with van der Waals surface area (Å²) in [5, 5.41) is 10.4. The zero-order valence-electron chi connectivity index (χ0n) is 10.6. The fraction of sp³-hybridized carbons (Fsp3) is 0.429. The van der Waals surface area contributed by atoms with Gasteiger partial charge in [-0.25, -0.2) is 0 Å². The van der Waals surface area contributed by atoms with Crippen LogP contribution in [0.3, 0.4) is 0 Å². The summed E-state index contributed by atoms with van der Waals surface area (Å²) in [5.41, 5.74) is -3.37. The van der Waals surface area contributed by atoms with Gasteiger partial charge in [-0.3, -0.25) is 9.59 Å². The lowest BCUT2D eigenvalue weighted by Crippen LogP contribution is -2.60. The molecule has 1 aromatic rings. The minimum Gasteiger partial charge on any atom is -0.469 e. The van der Waals surface area contributed by atoms with Gasteiger partial charge < -0.3 is 9.84 Å². The molecule has 4 nitrogen and oxygen atoms in total. The molecule has 0 aromatic heterocycles. The van der Waals surface area contributed by atoms with Crippen LogP contribution in [0.2, 0.25) is 0 Å². The number of hydrogen-bond donors (Lipinski definition) is 1. The molecule has 0 saturated heterocycles. The van der Waals surface area contributed by atoms with Crippen LogP contribution in [0.4, 0.5) is 0 Å². The van der Waals surface area contributed by atoms with Crippen LogP contribution in [-0.2, 0) is 9.59 Å². The minimum absolute atomic E-state index is 0.244. The standard InChI is InChI=1S/C14H18O4/c1-3-13(17,4-2)14(10-15,11-16)18-12-8-6-5-7-9-12/h5-11,17H,3-4H2,1-2H3. The summed E-state index contributed by atoms with van der Waals surface area (Å²) in [7, 11) is 0. The van der Waals surface area contributed by atoms with Gasteiger partial charge in [0.15, 0.2) is 12.6 Å². The van der Waals surface area contributed by atoms with Gasteiger partial charge in [0.05, 0.1) is 0 Å². The summed E-state index contributed by atoms with van der Waals surface area (Å²) >= 11 is 0. The van der Waals surface area contributed by atoms with Crippen molar-refractivity contribution in [3.05, 3.63) is 30.3 Å². The molecule has 1 N–H and O–H groups in total. The molecular weight excluding hydrogens is 232 g/mol. The predicted octanol–water partition coefficient (Wildman–Crippen LogP) is 1.75. The lowest BCUT2D eigenvalue weighted by Gasteiger charge is -2.38. The monoisotopic (exact) mass is 250 g/mol. The Morgan fingerprint density at radius 3 is 2.00 bits per heavy atom. The second kappa shape index (κ2) is 5.78. The highest BCUT2D eigenvalue weighted by Crippen LogP contribution is 2.31. The van der Waals surface area contributed by atoms with Crippen LogP contribution >= 0.6 is 0 Å². The maximum Gasteiger partial charge on any atom is 0.246 e. The van der Waals surface area contributed by atoms with Gasteiger partial charge in [0.25, 0.3) is 0 Å². The van der Waals surface area contributed by atoms with Gasteiger partial charge in [0.1, 0.15) is 11.4 Å². The first-order chi connectivity index (χ1) is 8.57. The minimum atomic E-state index is -1.86. The summed E-state index contributed by atoms with van der Waals surface area (Å²) < 4.78 is 5.46. The summed E-state index contributed by atoms with van der Waals surface area (Å²) in [5.74, 6) is 0.372. The summed E-state index contributed by atoms with van der Waals surface area (Å²) in [6, 6.07) is 8.52. The molecule has 0 atom stereocenters. The lowest BCUT2D eigenvalue weighted by molar-refractivity contribution is -0.161. The third-order valence-corrected chi connectivity index (χ3v) is 3.28. The van der Waals surface area contributed by atoms with Crippen molar-refractivity contribution in [2.45, 2.75) is 37.9 Å². The van der Waals surface area contributed by atoms with E-state index in [-0.39, 0.29) is 12.8 Å². The molecule has 0 unspecified atom stereocenters. The van der Waals surface area contributed by atoms with E-state index in [4.69, 9.17) is 4.74 Å². The van der Waals surface area contributed by atoms with Crippen molar-refractivity contribution in [1.29, 1.82) is 0 Å². The van der Waals surface area contributed by atoms with E-state index in [1.165, 1.54) is 0 Å². The number of rotatable bonds is 7. The highest BCUT2D eigenvalue weighted by Gasteiger charge is 2.51. The Labute approximate surface area is 107 Å². The molecule has 0 amide bonds. The normalized spacial score (nSPS) is 11.9. The van der Waals surface area contributed by atoms with Crippen molar-refractivity contribution in [1.82, 2.24) is 0 Å². The average molecular weight is 250 g/mol. The van der Waals surface area contributed by atoms with E-state index in [2.05, 4.69) is 0 Å². The van der Waals surface area contributed by atoms with Gasteiger partial charge in [-0.05, 0) is 25.0 Å². The molecule has 0 bridgehead atoms. The Balaban J connectivity index is 3.15. The number of aliphatic hydroxyl groups is 1. The predicted molar refractivity (Wildman–Crippen MR) is 67.5 cm³/mol. The number of para-hydroxylation sites is 1. The van der Waals surface area contributed by atoms with Gasteiger partial charge >= 0.3 is 0 Å². The maximum atomic E-state index is 11.3. The number of hydrogen-bond acceptors (Lipinski definition) is 4. The fourth-order valence-electron chi connectivity index (χ4n) is 1.88. The molecule has 1 aromatic carbocycles. The molecule has 0 aliphatic rings. The molecule has 0 saturated carbocycles. The van der Waals surface area contributed by atoms with Crippen molar-refractivity contribution in [2.24, 2.45) is 0 Å². The summed E-state index contributed by atoms with van der Waals surface area (Å²) in [4.78, 5) is 22.6. The molecule has 4 heteroatoms. The number of aldehydes is 2. The molecule has 0 fully saturated rings. The van der Waals surface area contributed by atoms with E-state index in [1.54, 1.807) is 44.2 Å². The first kappa shape index (κ1) is 14.4.